The van der Waals surface area contributed by atoms with Crippen molar-refractivity contribution in [2.24, 2.45) is 16.9 Å². The van der Waals surface area contributed by atoms with Gasteiger partial charge in [-0.05, 0) is 38.6 Å². The molecule has 2 fully saturated rings. The quantitative estimate of drug-likeness (QED) is 0.765. The summed E-state index contributed by atoms with van der Waals surface area (Å²) in [6, 6.07) is 0. The number of fused-ring (bicyclic) bond motifs is 2. The van der Waals surface area contributed by atoms with Gasteiger partial charge in [-0.25, -0.2) is 5.01 Å². The Balaban J connectivity index is 1.84. The van der Waals surface area contributed by atoms with Crippen molar-refractivity contribution in [2.45, 2.75) is 52.0 Å². The van der Waals surface area contributed by atoms with Crippen LogP contribution in [0.2, 0.25) is 0 Å². The monoisotopic (exact) mass is 263 g/mol. The molecule has 0 aromatic heterocycles. The van der Waals surface area contributed by atoms with Gasteiger partial charge in [-0.1, -0.05) is 6.92 Å². The van der Waals surface area contributed by atoms with Crippen LogP contribution in [0.25, 0.3) is 0 Å². The molecule has 2 heterocycles. The van der Waals surface area contributed by atoms with Crippen molar-refractivity contribution in [3.8, 4) is 0 Å². The van der Waals surface area contributed by atoms with Crippen molar-refractivity contribution in [3.05, 3.63) is 0 Å². The molecule has 1 saturated carbocycles. The van der Waals surface area contributed by atoms with Crippen molar-refractivity contribution in [1.29, 1.82) is 0 Å². The molecular formula is C15H25N3O. The zero-order valence-corrected chi connectivity index (χ0v) is 12.4. The summed E-state index contributed by atoms with van der Waals surface area (Å²) in [5, 5.41) is 6.37. The van der Waals surface area contributed by atoms with Gasteiger partial charge in [0.25, 0.3) is 0 Å². The Hall–Kier alpha value is -0.900. The number of nitrogens with zero attached hydrogens (tertiary/aromatic N) is 3. The van der Waals surface area contributed by atoms with E-state index < -0.39 is 0 Å². The molecule has 1 amide bonds. The second kappa shape index (κ2) is 4.58. The summed E-state index contributed by atoms with van der Waals surface area (Å²) in [6.07, 6.45) is 4.62. The van der Waals surface area contributed by atoms with Crippen molar-refractivity contribution in [3.63, 3.8) is 0 Å². The lowest BCUT2D eigenvalue weighted by atomic mass is 9.81. The van der Waals surface area contributed by atoms with Gasteiger partial charge in [0, 0.05) is 38.1 Å². The maximum atomic E-state index is 12.0. The maximum absolute atomic E-state index is 12.0. The largest absolute Gasteiger partial charge is 0.303 e. The van der Waals surface area contributed by atoms with Gasteiger partial charge in [0.1, 0.15) is 0 Å². The first-order chi connectivity index (χ1) is 9.06. The molecule has 19 heavy (non-hydrogen) atoms. The number of carbonyl (C=O) groups is 1. The van der Waals surface area contributed by atoms with Crippen molar-refractivity contribution >= 4 is 11.6 Å². The number of hydrogen-bond acceptors (Lipinski definition) is 3. The number of hydrazone groups is 1. The number of likely N-dealkylation sites (tertiary alicyclic amines) is 1. The zero-order valence-electron chi connectivity index (χ0n) is 12.4. The zero-order chi connectivity index (χ0) is 13.6. The molecule has 0 unspecified atom stereocenters. The fourth-order valence-corrected chi connectivity index (χ4v) is 4.67. The van der Waals surface area contributed by atoms with Gasteiger partial charge >= 0.3 is 0 Å². The molecule has 1 aliphatic carbocycles. The Labute approximate surface area is 115 Å². The number of carbonyl (C=O) groups excluding carboxylic acids is 1. The summed E-state index contributed by atoms with van der Waals surface area (Å²) in [6.45, 7) is 9.56. The van der Waals surface area contributed by atoms with E-state index in [1.54, 1.807) is 6.92 Å². The van der Waals surface area contributed by atoms with Crippen LogP contribution < -0.4 is 0 Å². The van der Waals surface area contributed by atoms with E-state index in [0.717, 1.165) is 31.0 Å². The number of hydrogen-bond donors (Lipinski definition) is 0. The molecule has 0 aromatic rings. The fraction of sp³-hybridized carbons (Fsp3) is 0.867. The Morgan fingerprint density at radius 1 is 1.47 bits per heavy atom. The van der Waals surface area contributed by atoms with E-state index in [2.05, 4.69) is 23.8 Å². The molecule has 4 heteroatoms. The van der Waals surface area contributed by atoms with Gasteiger partial charge in [-0.2, -0.15) is 5.10 Å². The average molecular weight is 263 g/mol. The van der Waals surface area contributed by atoms with Crippen LogP contribution >= 0.6 is 0 Å². The van der Waals surface area contributed by atoms with Crippen LogP contribution in [-0.4, -0.2) is 46.7 Å². The second-order valence-electron chi connectivity index (χ2n) is 6.61. The van der Waals surface area contributed by atoms with Gasteiger partial charge < -0.3 is 4.90 Å². The van der Waals surface area contributed by atoms with E-state index >= 15 is 0 Å². The van der Waals surface area contributed by atoms with E-state index in [-0.39, 0.29) is 11.4 Å². The molecule has 106 valence electrons. The van der Waals surface area contributed by atoms with E-state index in [1.807, 2.05) is 5.01 Å². The number of rotatable bonds is 2. The highest BCUT2D eigenvalue weighted by atomic mass is 16.2. The molecule has 3 aliphatic rings. The standard InChI is InChI=1S/C15H25N3O/c1-4-7-17-9-13-5-6-15(14(13)10-17)8-11(2)16-18(15)12(3)19/h13-14H,4-10H2,1-3H3/t13-,14+,15+/m0/s1. The molecule has 4 nitrogen and oxygen atoms in total. The SMILES string of the molecule is CCCN1C[C@@H]2CC[C@@]3(CC(C)=NN3C(C)=O)[C@@H]2C1. The third-order valence-corrected chi connectivity index (χ3v) is 5.25. The molecule has 2 aliphatic heterocycles. The first-order valence-corrected chi connectivity index (χ1v) is 7.64. The summed E-state index contributed by atoms with van der Waals surface area (Å²) >= 11 is 0. The summed E-state index contributed by atoms with van der Waals surface area (Å²) in [4.78, 5) is 14.5. The lowest BCUT2D eigenvalue weighted by Crippen LogP contribution is -2.50. The van der Waals surface area contributed by atoms with Crippen LogP contribution in [0.5, 0.6) is 0 Å². The highest BCUT2D eigenvalue weighted by molar-refractivity contribution is 5.88. The van der Waals surface area contributed by atoms with Gasteiger partial charge in [0.15, 0.2) is 0 Å². The molecule has 3 atom stereocenters. The third kappa shape index (κ3) is 1.92. The van der Waals surface area contributed by atoms with Crippen molar-refractivity contribution < 1.29 is 4.79 Å². The van der Waals surface area contributed by atoms with Gasteiger partial charge in [0.05, 0.1) is 5.54 Å². The topological polar surface area (TPSA) is 35.9 Å². The Bertz CT molecular complexity index is 420. The Kier molecular flexibility index (Phi) is 3.16. The van der Waals surface area contributed by atoms with E-state index in [1.165, 1.54) is 25.9 Å². The van der Waals surface area contributed by atoms with E-state index in [9.17, 15) is 4.79 Å². The van der Waals surface area contributed by atoms with Gasteiger partial charge in [-0.15, -0.1) is 0 Å². The molecule has 0 bridgehead atoms. The summed E-state index contributed by atoms with van der Waals surface area (Å²) in [5.74, 6) is 1.52. The van der Waals surface area contributed by atoms with Gasteiger partial charge in [0.2, 0.25) is 5.91 Å². The van der Waals surface area contributed by atoms with E-state index in [0.29, 0.717) is 5.92 Å². The summed E-state index contributed by atoms with van der Waals surface area (Å²) in [5.41, 5.74) is 1.15. The molecule has 1 saturated heterocycles. The lowest BCUT2D eigenvalue weighted by molar-refractivity contribution is -0.135. The molecule has 0 radical (unpaired) electrons. The highest BCUT2D eigenvalue weighted by Gasteiger charge is 2.58. The predicted molar refractivity (Wildman–Crippen MR) is 75.9 cm³/mol. The minimum absolute atomic E-state index is 0.0169. The molecule has 3 rings (SSSR count). The molecule has 1 spiro atoms. The fourth-order valence-electron chi connectivity index (χ4n) is 4.67. The van der Waals surface area contributed by atoms with Crippen LogP contribution in [-0.2, 0) is 4.79 Å². The highest BCUT2D eigenvalue weighted by Crippen LogP contribution is 2.52. The molecule has 0 N–H and O–H groups in total. The second-order valence-corrected chi connectivity index (χ2v) is 6.61. The van der Waals surface area contributed by atoms with Crippen LogP contribution in [0.4, 0.5) is 0 Å². The van der Waals surface area contributed by atoms with Crippen LogP contribution in [0.3, 0.4) is 0 Å². The Morgan fingerprint density at radius 2 is 2.26 bits per heavy atom. The molecule has 0 aromatic carbocycles. The summed E-state index contributed by atoms with van der Waals surface area (Å²) < 4.78 is 0. The van der Waals surface area contributed by atoms with E-state index in [4.69, 9.17) is 0 Å². The van der Waals surface area contributed by atoms with Gasteiger partial charge in [-0.3, -0.25) is 4.79 Å². The maximum Gasteiger partial charge on any atom is 0.240 e. The van der Waals surface area contributed by atoms with Crippen molar-refractivity contribution in [1.82, 2.24) is 9.91 Å². The molecular weight excluding hydrogens is 238 g/mol. The smallest absolute Gasteiger partial charge is 0.240 e. The van der Waals surface area contributed by atoms with Crippen molar-refractivity contribution in [2.75, 3.05) is 19.6 Å². The first kappa shape index (κ1) is 13.1. The van der Waals surface area contributed by atoms with Crippen LogP contribution in [0, 0.1) is 11.8 Å². The first-order valence-electron chi connectivity index (χ1n) is 7.64. The predicted octanol–water partition coefficient (Wildman–Crippen LogP) is 2.11. The Morgan fingerprint density at radius 3 is 2.95 bits per heavy atom. The average Bonchev–Trinajstić information content (AvgIpc) is 2.97. The number of amides is 1. The lowest BCUT2D eigenvalue weighted by Gasteiger charge is -2.37. The minimum atomic E-state index is 0.0169. The summed E-state index contributed by atoms with van der Waals surface area (Å²) in [7, 11) is 0. The normalized spacial score (nSPS) is 38.1. The van der Waals surface area contributed by atoms with Crippen LogP contribution in [0.15, 0.2) is 5.10 Å². The minimum Gasteiger partial charge on any atom is -0.303 e. The third-order valence-electron chi connectivity index (χ3n) is 5.25. The van der Waals surface area contributed by atoms with Crippen LogP contribution in [0.1, 0.15) is 46.5 Å².